The van der Waals surface area contributed by atoms with E-state index in [1.54, 1.807) is 11.8 Å². The van der Waals surface area contributed by atoms with Crippen LogP contribution in [0.5, 0.6) is 0 Å². The fourth-order valence-corrected chi connectivity index (χ4v) is 3.30. The minimum Gasteiger partial charge on any atom is -0.321 e. The Morgan fingerprint density at radius 2 is 1.71 bits per heavy atom. The number of thioether (sulfide) groups is 1. The van der Waals surface area contributed by atoms with Crippen LogP contribution in [0, 0.1) is 12.3 Å². The lowest BCUT2D eigenvalue weighted by atomic mass is 9.96. The van der Waals surface area contributed by atoms with E-state index in [1.165, 1.54) is 11.3 Å². The van der Waals surface area contributed by atoms with E-state index in [0.717, 1.165) is 16.1 Å². The maximum atomic E-state index is 12.5. The van der Waals surface area contributed by atoms with Gasteiger partial charge in [0.05, 0.1) is 9.88 Å². The molecule has 24 heavy (non-hydrogen) atoms. The predicted molar refractivity (Wildman–Crippen MR) is 103 cm³/mol. The van der Waals surface area contributed by atoms with Crippen LogP contribution >= 0.6 is 23.1 Å². The molecule has 0 aliphatic heterocycles. The Hall–Kier alpha value is -1.79. The second-order valence-corrected chi connectivity index (χ2v) is 8.44. The molecule has 1 aromatic carbocycles. The quantitative estimate of drug-likeness (QED) is 0.751. The lowest BCUT2D eigenvalue weighted by Crippen LogP contribution is -2.27. The average Bonchev–Trinajstić information content (AvgIpc) is 2.87. The van der Waals surface area contributed by atoms with Crippen LogP contribution in [-0.2, 0) is 4.79 Å². The molecule has 2 N–H and O–H groups in total. The largest absolute Gasteiger partial charge is 0.321 e. The highest BCUT2D eigenvalue weighted by atomic mass is 32.2. The number of carbonyl (C=O) groups excluding carboxylic acids is 2. The first-order chi connectivity index (χ1) is 11.2. The van der Waals surface area contributed by atoms with Crippen molar-refractivity contribution in [3.8, 4) is 0 Å². The summed E-state index contributed by atoms with van der Waals surface area (Å²) in [5.41, 5.74) is 1.13. The van der Waals surface area contributed by atoms with E-state index in [9.17, 15) is 9.59 Å². The number of carbonyl (C=O) groups is 2. The second-order valence-electron chi connectivity index (χ2n) is 6.51. The standard InChI is InChI=1S/C18H22N2O2S2/c1-11-10-14(20-17(22)18(2,3)4)24-15(11)16(21)19-12-6-8-13(23-5)9-7-12/h6-10H,1-5H3,(H,19,21)(H,20,22). The summed E-state index contributed by atoms with van der Waals surface area (Å²) < 4.78 is 0. The van der Waals surface area contributed by atoms with Gasteiger partial charge in [0.1, 0.15) is 0 Å². The average molecular weight is 363 g/mol. The number of amides is 2. The highest BCUT2D eigenvalue weighted by Gasteiger charge is 2.23. The molecule has 128 valence electrons. The fraction of sp³-hybridized carbons (Fsp3) is 0.333. The van der Waals surface area contributed by atoms with Gasteiger partial charge in [0.25, 0.3) is 5.91 Å². The summed E-state index contributed by atoms with van der Waals surface area (Å²) in [6.07, 6.45) is 2.01. The number of aryl methyl sites for hydroxylation is 1. The summed E-state index contributed by atoms with van der Waals surface area (Å²) in [5.74, 6) is -0.228. The third-order valence-corrected chi connectivity index (χ3v) is 5.28. The Morgan fingerprint density at radius 3 is 2.25 bits per heavy atom. The van der Waals surface area contributed by atoms with Crippen molar-refractivity contribution in [1.29, 1.82) is 0 Å². The van der Waals surface area contributed by atoms with Crippen LogP contribution < -0.4 is 10.6 Å². The van der Waals surface area contributed by atoms with Crippen LogP contribution in [0.15, 0.2) is 35.2 Å². The van der Waals surface area contributed by atoms with Gasteiger partial charge in [-0.1, -0.05) is 20.8 Å². The van der Waals surface area contributed by atoms with Crippen LogP contribution in [0.1, 0.15) is 36.0 Å². The van der Waals surface area contributed by atoms with Crippen molar-refractivity contribution in [3.63, 3.8) is 0 Å². The molecule has 0 bridgehead atoms. The molecular weight excluding hydrogens is 340 g/mol. The molecule has 0 fully saturated rings. The van der Waals surface area contributed by atoms with Gasteiger partial charge < -0.3 is 10.6 Å². The fourth-order valence-electron chi connectivity index (χ4n) is 1.93. The van der Waals surface area contributed by atoms with Crippen molar-refractivity contribution < 1.29 is 9.59 Å². The van der Waals surface area contributed by atoms with Crippen molar-refractivity contribution in [1.82, 2.24) is 0 Å². The van der Waals surface area contributed by atoms with E-state index in [-0.39, 0.29) is 11.8 Å². The third-order valence-electron chi connectivity index (χ3n) is 3.39. The van der Waals surface area contributed by atoms with Crippen molar-refractivity contribution in [3.05, 3.63) is 40.8 Å². The Kier molecular flexibility index (Phi) is 5.72. The van der Waals surface area contributed by atoms with Crippen molar-refractivity contribution in [2.45, 2.75) is 32.6 Å². The molecule has 2 aromatic rings. The van der Waals surface area contributed by atoms with Gasteiger partial charge in [0.2, 0.25) is 5.91 Å². The van der Waals surface area contributed by atoms with Gasteiger partial charge in [-0.05, 0) is 49.1 Å². The number of thiophene rings is 1. The first kappa shape index (κ1) is 18.5. The summed E-state index contributed by atoms with van der Waals surface area (Å²) in [6.45, 7) is 7.44. The highest BCUT2D eigenvalue weighted by molar-refractivity contribution is 7.98. The first-order valence-electron chi connectivity index (χ1n) is 7.58. The molecule has 0 saturated carbocycles. The molecule has 2 rings (SSSR count). The number of nitrogens with one attached hydrogen (secondary N) is 2. The minimum atomic E-state index is -0.473. The maximum Gasteiger partial charge on any atom is 0.266 e. The topological polar surface area (TPSA) is 58.2 Å². The van der Waals surface area contributed by atoms with Gasteiger partial charge in [0.15, 0.2) is 0 Å². The van der Waals surface area contributed by atoms with E-state index in [2.05, 4.69) is 10.6 Å². The molecule has 0 unspecified atom stereocenters. The normalized spacial score (nSPS) is 11.2. The molecule has 6 heteroatoms. The number of hydrogen-bond acceptors (Lipinski definition) is 4. The molecule has 0 spiro atoms. The van der Waals surface area contributed by atoms with Crippen LogP contribution in [0.25, 0.3) is 0 Å². The number of hydrogen-bond donors (Lipinski definition) is 2. The zero-order valence-electron chi connectivity index (χ0n) is 14.5. The molecule has 0 aliphatic rings. The highest BCUT2D eigenvalue weighted by Crippen LogP contribution is 2.29. The van der Waals surface area contributed by atoms with E-state index in [4.69, 9.17) is 0 Å². The van der Waals surface area contributed by atoms with Gasteiger partial charge >= 0.3 is 0 Å². The number of anilines is 2. The zero-order valence-corrected chi connectivity index (χ0v) is 16.2. The summed E-state index contributed by atoms with van der Waals surface area (Å²) in [5, 5.41) is 6.46. The van der Waals surface area contributed by atoms with Gasteiger partial charge in [-0.25, -0.2) is 0 Å². The number of benzene rings is 1. The Morgan fingerprint density at radius 1 is 1.08 bits per heavy atom. The van der Waals surface area contributed by atoms with Crippen LogP contribution in [0.4, 0.5) is 10.7 Å². The molecule has 0 saturated heterocycles. The van der Waals surface area contributed by atoms with Gasteiger partial charge in [-0.3, -0.25) is 9.59 Å². The van der Waals surface area contributed by atoms with Crippen molar-refractivity contribution in [2.24, 2.45) is 5.41 Å². The van der Waals surface area contributed by atoms with E-state index >= 15 is 0 Å². The molecule has 1 aromatic heterocycles. The van der Waals surface area contributed by atoms with Gasteiger partial charge in [-0.15, -0.1) is 23.1 Å². The molecule has 4 nitrogen and oxygen atoms in total. The molecular formula is C18H22N2O2S2. The van der Waals surface area contributed by atoms with Crippen molar-refractivity contribution >= 4 is 45.6 Å². The van der Waals surface area contributed by atoms with Crippen LogP contribution in [0.2, 0.25) is 0 Å². The van der Waals surface area contributed by atoms with E-state index in [0.29, 0.717) is 9.88 Å². The maximum absolute atomic E-state index is 12.5. The molecule has 0 atom stereocenters. The van der Waals surface area contributed by atoms with E-state index < -0.39 is 5.41 Å². The first-order valence-corrected chi connectivity index (χ1v) is 9.62. The summed E-state index contributed by atoms with van der Waals surface area (Å²) in [7, 11) is 0. The Balaban J connectivity index is 2.10. The Labute approximate surface area is 151 Å². The van der Waals surface area contributed by atoms with E-state index in [1.807, 2.05) is 64.3 Å². The third kappa shape index (κ3) is 4.61. The van der Waals surface area contributed by atoms with Crippen LogP contribution in [0.3, 0.4) is 0 Å². The molecule has 0 radical (unpaired) electrons. The SMILES string of the molecule is CSc1ccc(NC(=O)c2sc(NC(=O)C(C)(C)C)cc2C)cc1. The number of rotatable bonds is 4. The summed E-state index contributed by atoms with van der Waals surface area (Å²) in [6, 6.07) is 9.54. The summed E-state index contributed by atoms with van der Waals surface area (Å²) >= 11 is 2.95. The second kappa shape index (κ2) is 7.40. The molecule has 0 aliphatic carbocycles. The lowest BCUT2D eigenvalue weighted by Gasteiger charge is -2.16. The predicted octanol–water partition coefficient (Wildman–Crippen LogP) is 5.02. The molecule has 1 heterocycles. The van der Waals surface area contributed by atoms with Crippen LogP contribution in [-0.4, -0.2) is 18.1 Å². The minimum absolute atomic E-state index is 0.0663. The monoisotopic (exact) mass is 362 g/mol. The molecule has 2 amide bonds. The smallest absolute Gasteiger partial charge is 0.266 e. The van der Waals surface area contributed by atoms with Crippen molar-refractivity contribution in [2.75, 3.05) is 16.9 Å². The van der Waals surface area contributed by atoms with Gasteiger partial charge in [0, 0.05) is 16.0 Å². The lowest BCUT2D eigenvalue weighted by molar-refractivity contribution is -0.123. The summed E-state index contributed by atoms with van der Waals surface area (Å²) in [4.78, 5) is 26.3. The van der Waals surface area contributed by atoms with Gasteiger partial charge in [-0.2, -0.15) is 0 Å². The zero-order chi connectivity index (χ0) is 17.9. The Bertz CT molecular complexity index is 743.